The number of hydrogen-bond donors (Lipinski definition) is 1. The number of nitriles is 1. The second kappa shape index (κ2) is 8.84. The number of thioether (sulfide) groups is 1. The maximum atomic E-state index is 12.7. The highest BCUT2D eigenvalue weighted by Crippen LogP contribution is 2.41. The molecule has 0 bridgehead atoms. The summed E-state index contributed by atoms with van der Waals surface area (Å²) in [5.41, 5.74) is 0.827. The van der Waals surface area contributed by atoms with Gasteiger partial charge in [-0.2, -0.15) is 5.26 Å². The zero-order valence-electron chi connectivity index (χ0n) is 15.8. The fraction of sp³-hybridized carbons (Fsp3) is 0.300. The maximum absolute atomic E-state index is 12.7. The minimum Gasteiger partial charge on any atom is -0.466 e. The van der Waals surface area contributed by atoms with Crippen LogP contribution in [-0.2, 0) is 19.1 Å². The molecule has 2 heterocycles. The fourth-order valence-electron chi connectivity index (χ4n) is 2.94. The third-order valence-corrected chi connectivity index (χ3v) is 5.63. The highest BCUT2D eigenvalue weighted by molar-refractivity contribution is 7.99. The average molecular weight is 413 g/mol. The van der Waals surface area contributed by atoms with Crippen molar-refractivity contribution in [2.75, 3.05) is 11.1 Å². The van der Waals surface area contributed by atoms with Crippen LogP contribution in [0.25, 0.3) is 0 Å². The number of anilines is 1. The molecule has 3 atom stereocenters. The molecular weight excluding hydrogens is 394 g/mol. The molecular formula is C20H19N3O5S. The number of esters is 1. The van der Waals surface area contributed by atoms with Gasteiger partial charge in [-0.15, -0.1) is 11.8 Å². The molecule has 0 unspecified atom stereocenters. The minimum absolute atomic E-state index is 0.288. The van der Waals surface area contributed by atoms with Crippen LogP contribution < -0.4 is 5.32 Å². The van der Waals surface area contributed by atoms with Crippen LogP contribution in [0.1, 0.15) is 30.5 Å². The van der Waals surface area contributed by atoms with Crippen LogP contribution >= 0.6 is 11.8 Å². The first kappa shape index (κ1) is 20.5. The Morgan fingerprint density at radius 3 is 2.79 bits per heavy atom. The minimum atomic E-state index is -1.07. The first-order valence-corrected chi connectivity index (χ1v) is 9.91. The number of furan rings is 1. The Kier molecular flexibility index (Phi) is 6.24. The molecule has 3 rings (SSSR count). The first-order chi connectivity index (χ1) is 13.9. The first-order valence-electron chi connectivity index (χ1n) is 8.86. The van der Waals surface area contributed by atoms with Crippen molar-refractivity contribution in [2.45, 2.75) is 31.4 Å². The molecule has 9 heteroatoms. The van der Waals surface area contributed by atoms with Gasteiger partial charge in [0.25, 0.3) is 5.91 Å². The van der Waals surface area contributed by atoms with E-state index in [4.69, 9.17) is 14.4 Å². The number of carbonyl (C=O) groups is 3. The highest BCUT2D eigenvalue weighted by atomic mass is 32.2. The molecule has 1 saturated heterocycles. The molecule has 1 aromatic carbocycles. The van der Waals surface area contributed by atoms with Crippen molar-refractivity contribution in [3.63, 3.8) is 0 Å². The lowest BCUT2D eigenvalue weighted by Gasteiger charge is -2.26. The van der Waals surface area contributed by atoms with E-state index >= 15 is 0 Å². The fourth-order valence-corrected chi connectivity index (χ4v) is 4.36. The number of benzene rings is 1. The molecule has 8 nitrogen and oxygen atoms in total. The SMILES string of the molecule is CC(=O)N1[C@@H](C(=O)O[C@@H](C)C(=O)Nc2cccc(C#N)c2)CS[C@@H]1c1ccco1. The number of amides is 2. The van der Waals surface area contributed by atoms with Crippen molar-refractivity contribution < 1.29 is 23.5 Å². The van der Waals surface area contributed by atoms with Gasteiger partial charge in [-0.1, -0.05) is 6.07 Å². The van der Waals surface area contributed by atoms with Crippen LogP contribution in [0.4, 0.5) is 5.69 Å². The third kappa shape index (κ3) is 4.60. The highest BCUT2D eigenvalue weighted by Gasteiger charge is 2.43. The Hall–Kier alpha value is -3.25. The zero-order chi connectivity index (χ0) is 21.0. The van der Waals surface area contributed by atoms with Crippen molar-refractivity contribution in [3.8, 4) is 6.07 Å². The van der Waals surface area contributed by atoms with E-state index in [1.165, 1.54) is 42.8 Å². The average Bonchev–Trinajstić information content (AvgIpc) is 3.37. The maximum Gasteiger partial charge on any atom is 0.330 e. The van der Waals surface area contributed by atoms with Gasteiger partial charge < -0.3 is 19.4 Å². The van der Waals surface area contributed by atoms with E-state index in [9.17, 15) is 14.4 Å². The van der Waals surface area contributed by atoms with Crippen LogP contribution in [-0.4, -0.2) is 40.6 Å². The Morgan fingerprint density at radius 1 is 1.34 bits per heavy atom. The van der Waals surface area contributed by atoms with E-state index in [2.05, 4.69) is 5.32 Å². The zero-order valence-corrected chi connectivity index (χ0v) is 16.6. The molecule has 0 aliphatic carbocycles. The van der Waals surface area contributed by atoms with Crippen molar-refractivity contribution in [1.82, 2.24) is 4.90 Å². The summed E-state index contributed by atoms with van der Waals surface area (Å²) >= 11 is 1.39. The van der Waals surface area contributed by atoms with Gasteiger partial charge in [0.15, 0.2) is 6.10 Å². The number of nitrogens with zero attached hydrogens (tertiary/aromatic N) is 2. The largest absolute Gasteiger partial charge is 0.466 e. The van der Waals surface area contributed by atoms with E-state index in [0.717, 1.165) is 0 Å². The van der Waals surface area contributed by atoms with Crippen molar-refractivity contribution in [2.24, 2.45) is 0 Å². The van der Waals surface area contributed by atoms with E-state index in [-0.39, 0.29) is 5.91 Å². The molecule has 1 aromatic heterocycles. The summed E-state index contributed by atoms with van der Waals surface area (Å²) < 4.78 is 10.7. The summed E-state index contributed by atoms with van der Waals surface area (Å²) in [6.45, 7) is 2.83. The van der Waals surface area contributed by atoms with Crippen LogP contribution in [0.3, 0.4) is 0 Å². The van der Waals surface area contributed by atoms with Crippen LogP contribution in [0, 0.1) is 11.3 Å². The van der Waals surface area contributed by atoms with Crippen LogP contribution in [0.2, 0.25) is 0 Å². The number of hydrogen-bond acceptors (Lipinski definition) is 7. The number of ether oxygens (including phenoxy) is 1. The molecule has 2 aromatic rings. The van der Waals surface area contributed by atoms with Crippen LogP contribution in [0.15, 0.2) is 47.1 Å². The third-order valence-electron chi connectivity index (χ3n) is 4.34. The van der Waals surface area contributed by atoms with Gasteiger partial charge in [-0.25, -0.2) is 4.79 Å². The molecule has 0 saturated carbocycles. The molecule has 0 radical (unpaired) electrons. The molecule has 1 fully saturated rings. The number of carbonyl (C=O) groups excluding carboxylic acids is 3. The predicted molar refractivity (Wildman–Crippen MR) is 106 cm³/mol. The second-order valence-electron chi connectivity index (χ2n) is 6.40. The van der Waals surface area contributed by atoms with Gasteiger partial charge in [-0.3, -0.25) is 9.59 Å². The lowest BCUT2D eigenvalue weighted by molar-refractivity contribution is -0.160. The van der Waals surface area contributed by atoms with Gasteiger partial charge in [0.1, 0.15) is 17.2 Å². The molecule has 1 aliphatic rings. The monoisotopic (exact) mass is 413 g/mol. The van der Waals surface area contributed by atoms with E-state index in [1.54, 1.807) is 30.3 Å². The smallest absolute Gasteiger partial charge is 0.330 e. The lowest BCUT2D eigenvalue weighted by atomic mass is 10.2. The summed E-state index contributed by atoms with van der Waals surface area (Å²) in [7, 11) is 0. The summed E-state index contributed by atoms with van der Waals surface area (Å²) in [6.07, 6.45) is 0.433. The quantitative estimate of drug-likeness (QED) is 0.750. The summed E-state index contributed by atoms with van der Waals surface area (Å²) in [5, 5.41) is 11.1. The summed E-state index contributed by atoms with van der Waals surface area (Å²) in [5.74, 6) is -0.568. The molecule has 150 valence electrons. The Bertz CT molecular complexity index is 953. The number of nitrogens with one attached hydrogen (secondary N) is 1. The molecule has 1 aliphatic heterocycles. The standard InChI is InChI=1S/C20H19N3O5S/c1-12(18(25)22-15-6-3-5-14(9-15)10-21)28-20(26)16-11-29-19(23(16)13(2)24)17-7-4-8-27-17/h3-9,12,16,19H,11H2,1-2H3,(H,22,25)/t12-,16+,19+/m0/s1. The topological polar surface area (TPSA) is 113 Å². The van der Waals surface area contributed by atoms with E-state index < -0.39 is 29.4 Å². The van der Waals surface area contributed by atoms with Gasteiger partial charge in [0.2, 0.25) is 5.91 Å². The molecule has 1 N–H and O–H groups in total. The number of rotatable bonds is 5. The van der Waals surface area contributed by atoms with E-state index in [1.807, 2.05) is 6.07 Å². The second-order valence-corrected chi connectivity index (χ2v) is 7.52. The van der Waals surface area contributed by atoms with Gasteiger partial charge >= 0.3 is 5.97 Å². The van der Waals surface area contributed by atoms with Gasteiger partial charge in [0, 0.05) is 18.4 Å². The predicted octanol–water partition coefficient (Wildman–Crippen LogP) is 2.68. The lowest BCUT2D eigenvalue weighted by Crippen LogP contribution is -2.44. The van der Waals surface area contributed by atoms with Crippen molar-refractivity contribution >= 4 is 35.2 Å². The Morgan fingerprint density at radius 2 is 2.14 bits per heavy atom. The van der Waals surface area contributed by atoms with Crippen molar-refractivity contribution in [3.05, 3.63) is 54.0 Å². The summed E-state index contributed by atoms with van der Waals surface area (Å²) in [6, 6.07) is 11.0. The van der Waals surface area contributed by atoms with Crippen LogP contribution in [0.5, 0.6) is 0 Å². The summed E-state index contributed by atoms with van der Waals surface area (Å²) in [4.78, 5) is 38.6. The Labute approximate surface area is 171 Å². The Balaban J connectivity index is 1.64. The molecule has 2 amide bonds. The van der Waals surface area contributed by atoms with E-state index in [0.29, 0.717) is 22.8 Å². The van der Waals surface area contributed by atoms with Crippen molar-refractivity contribution in [1.29, 1.82) is 5.26 Å². The normalized spacial score (nSPS) is 19.3. The molecule has 29 heavy (non-hydrogen) atoms. The van der Waals surface area contributed by atoms with Gasteiger partial charge in [-0.05, 0) is 37.3 Å². The molecule has 0 spiro atoms. The van der Waals surface area contributed by atoms with Gasteiger partial charge in [0.05, 0.1) is 17.9 Å².